The Kier molecular flexibility index (Phi) is 10.7. The fraction of sp³-hybridized carbons (Fsp3) is 0.353. The van der Waals surface area contributed by atoms with Gasteiger partial charge in [-0.05, 0) is 77.9 Å². The van der Waals surface area contributed by atoms with Crippen LogP contribution in [0.4, 0.5) is 5.69 Å². The van der Waals surface area contributed by atoms with Crippen molar-refractivity contribution < 1.29 is 19.2 Å². The topological polar surface area (TPSA) is 95.6 Å². The molecule has 3 aromatic rings. The Labute approximate surface area is 243 Å². The van der Waals surface area contributed by atoms with Crippen molar-refractivity contribution >= 4 is 30.1 Å². The van der Waals surface area contributed by atoms with E-state index in [1.807, 2.05) is 32.0 Å². The number of nitrogens with one attached hydrogen (secondary N) is 2. The lowest BCUT2D eigenvalue weighted by Crippen LogP contribution is -2.22. The fourth-order valence-electron chi connectivity index (χ4n) is 4.76. The molecule has 0 saturated heterocycles. The highest BCUT2D eigenvalue weighted by atomic mass is 16.2. The first-order valence-corrected chi connectivity index (χ1v) is 14.0. The highest BCUT2D eigenvalue weighted by Crippen LogP contribution is 2.30. The summed E-state index contributed by atoms with van der Waals surface area (Å²) in [5, 5.41) is 5.42. The largest absolute Gasteiger partial charge is 0.355 e. The first-order chi connectivity index (χ1) is 19.5. The second-order valence-electron chi connectivity index (χ2n) is 11.2. The maximum absolute atomic E-state index is 11.5. The van der Waals surface area contributed by atoms with Crippen LogP contribution in [0.25, 0.3) is 0 Å². The van der Waals surface area contributed by atoms with Crippen LogP contribution in [0.5, 0.6) is 0 Å². The molecule has 1 atom stereocenters. The molecule has 1 aliphatic heterocycles. The van der Waals surface area contributed by atoms with E-state index < -0.39 is 0 Å². The van der Waals surface area contributed by atoms with Crippen molar-refractivity contribution in [1.29, 1.82) is 0 Å². The van der Waals surface area contributed by atoms with Gasteiger partial charge in [-0.3, -0.25) is 24.1 Å². The highest BCUT2D eigenvalue weighted by Gasteiger charge is 2.20. The second-order valence-corrected chi connectivity index (χ2v) is 11.2. The minimum atomic E-state index is -0.229. The molecule has 0 aromatic heterocycles. The summed E-state index contributed by atoms with van der Waals surface area (Å²) in [4.78, 5) is 47.5. The molecule has 3 aromatic carbocycles. The molecule has 2 amide bonds. The fourth-order valence-corrected chi connectivity index (χ4v) is 4.76. The molecule has 216 valence electrons. The van der Waals surface area contributed by atoms with E-state index >= 15 is 0 Å². The van der Waals surface area contributed by atoms with E-state index in [4.69, 9.17) is 0 Å². The van der Waals surface area contributed by atoms with E-state index in [0.29, 0.717) is 35.9 Å². The predicted molar refractivity (Wildman–Crippen MR) is 164 cm³/mol. The lowest BCUT2D eigenvalue weighted by molar-refractivity contribution is -0.115. The lowest BCUT2D eigenvalue weighted by Gasteiger charge is -2.26. The molecule has 0 bridgehead atoms. The van der Waals surface area contributed by atoms with Gasteiger partial charge in [0.2, 0.25) is 5.91 Å². The first-order valence-electron chi connectivity index (χ1n) is 14.0. The van der Waals surface area contributed by atoms with Crippen LogP contribution in [0.15, 0.2) is 54.6 Å². The molecule has 7 heteroatoms. The van der Waals surface area contributed by atoms with Crippen LogP contribution in [0.1, 0.15) is 111 Å². The number of rotatable bonds is 9. The van der Waals surface area contributed by atoms with Crippen LogP contribution >= 0.6 is 0 Å². The Hall–Kier alpha value is -4.10. The Morgan fingerprint density at radius 2 is 1.46 bits per heavy atom. The Morgan fingerprint density at radius 3 is 2.05 bits per heavy atom. The van der Waals surface area contributed by atoms with Gasteiger partial charge in [-0.1, -0.05) is 58.0 Å². The molecule has 2 N–H and O–H groups in total. The van der Waals surface area contributed by atoms with E-state index in [1.54, 1.807) is 19.2 Å². The Morgan fingerprint density at radius 1 is 0.878 bits per heavy atom. The van der Waals surface area contributed by atoms with Crippen LogP contribution in [-0.4, -0.2) is 43.4 Å². The molecular formula is C34H41N3O4. The minimum Gasteiger partial charge on any atom is -0.355 e. The van der Waals surface area contributed by atoms with Gasteiger partial charge in [0, 0.05) is 42.0 Å². The number of hydrogen-bond donors (Lipinski definition) is 2. The number of fused-ring (bicyclic) bond motifs is 1. The molecule has 0 saturated carbocycles. The Bertz CT molecular complexity index is 1430. The van der Waals surface area contributed by atoms with Crippen molar-refractivity contribution in [1.82, 2.24) is 10.2 Å². The van der Waals surface area contributed by atoms with Crippen LogP contribution < -0.4 is 10.6 Å². The van der Waals surface area contributed by atoms with Gasteiger partial charge >= 0.3 is 0 Å². The van der Waals surface area contributed by atoms with E-state index in [2.05, 4.69) is 67.6 Å². The summed E-state index contributed by atoms with van der Waals surface area (Å²) in [6, 6.07) is 17.8. The highest BCUT2D eigenvalue weighted by molar-refractivity contribution is 6.01. The van der Waals surface area contributed by atoms with Gasteiger partial charge in [0.25, 0.3) is 5.91 Å². The van der Waals surface area contributed by atoms with Gasteiger partial charge in [0.15, 0.2) is 6.29 Å². The first kappa shape index (κ1) is 31.4. The maximum atomic E-state index is 11.5. The molecule has 1 aliphatic rings. The number of aldehydes is 2. The number of benzene rings is 3. The molecule has 0 radical (unpaired) electrons. The van der Waals surface area contributed by atoms with Gasteiger partial charge in [-0.15, -0.1) is 0 Å². The van der Waals surface area contributed by atoms with Crippen molar-refractivity contribution in [3.63, 3.8) is 0 Å². The van der Waals surface area contributed by atoms with E-state index in [9.17, 15) is 19.2 Å². The number of nitrogens with zero attached hydrogens (tertiary/aromatic N) is 1. The smallest absolute Gasteiger partial charge is 0.251 e. The second kappa shape index (κ2) is 14.0. The molecule has 4 rings (SSSR count). The van der Waals surface area contributed by atoms with Gasteiger partial charge in [0.1, 0.15) is 6.29 Å². The number of hydrogen-bond acceptors (Lipinski definition) is 5. The average molecular weight is 556 g/mol. The summed E-state index contributed by atoms with van der Waals surface area (Å²) in [6.07, 6.45) is 2.13. The summed E-state index contributed by atoms with van der Waals surface area (Å²) in [6.45, 7) is 11.2. The summed E-state index contributed by atoms with van der Waals surface area (Å²) >= 11 is 0. The zero-order valence-corrected chi connectivity index (χ0v) is 25.1. The molecule has 1 heterocycles. The minimum absolute atomic E-state index is 0.0547. The molecule has 1 unspecified atom stereocenters. The number of anilines is 1. The summed E-state index contributed by atoms with van der Waals surface area (Å²) < 4.78 is 0. The zero-order chi connectivity index (χ0) is 30.3. The number of carbonyl (C=O) groups excluding carboxylic acids is 4. The maximum Gasteiger partial charge on any atom is 0.251 e. The molecule has 41 heavy (non-hydrogen) atoms. The monoisotopic (exact) mass is 555 g/mol. The predicted octanol–water partition coefficient (Wildman–Crippen LogP) is 6.29. The molecule has 0 spiro atoms. The van der Waals surface area contributed by atoms with Crippen LogP contribution in [0.2, 0.25) is 0 Å². The molecule has 0 fully saturated rings. The third-order valence-electron chi connectivity index (χ3n) is 7.63. The summed E-state index contributed by atoms with van der Waals surface area (Å²) in [5.74, 6) is 0.579. The standard InChI is InChI=1S/C22H26N2O2.C12H15NO2/c1-14(2)16-5-8-19(20(9-16)13-25)12-24(4)15(3)17-6-7-18-11-22(26)23-21(18)10-17;1-8(2)9-4-5-11(12(15)13-3)10(6-9)7-14/h5-10,13-15H,11-12H2,1-4H3,(H,23,26);4-8H,1-3H3,(H,13,15). The van der Waals surface area contributed by atoms with Crippen molar-refractivity contribution in [2.24, 2.45) is 0 Å². The number of carbonyl (C=O) groups is 4. The Balaban J connectivity index is 0.000000263. The molecular weight excluding hydrogens is 514 g/mol. The van der Waals surface area contributed by atoms with E-state index in [-0.39, 0.29) is 17.9 Å². The van der Waals surface area contributed by atoms with Gasteiger partial charge in [-0.25, -0.2) is 0 Å². The van der Waals surface area contributed by atoms with Crippen LogP contribution in [0.3, 0.4) is 0 Å². The SMILES string of the molecule is CC(C)c1ccc(CN(C)C(C)c2ccc3c(c2)NC(=O)C3)c(C=O)c1.CNC(=O)c1ccc(C(C)C)cc1C=O. The zero-order valence-electron chi connectivity index (χ0n) is 25.1. The van der Waals surface area contributed by atoms with Crippen LogP contribution in [0, 0.1) is 0 Å². The summed E-state index contributed by atoms with van der Waals surface area (Å²) in [5.41, 5.74) is 8.04. The van der Waals surface area contributed by atoms with Gasteiger partial charge < -0.3 is 10.6 Å². The van der Waals surface area contributed by atoms with Crippen molar-refractivity contribution in [2.75, 3.05) is 19.4 Å². The van der Waals surface area contributed by atoms with Crippen molar-refractivity contribution in [3.05, 3.63) is 99.1 Å². The normalized spacial score (nSPS) is 12.9. The van der Waals surface area contributed by atoms with E-state index in [0.717, 1.165) is 46.1 Å². The van der Waals surface area contributed by atoms with Crippen LogP contribution in [-0.2, 0) is 17.8 Å². The summed E-state index contributed by atoms with van der Waals surface area (Å²) in [7, 11) is 3.61. The van der Waals surface area contributed by atoms with Gasteiger partial charge in [0.05, 0.1) is 6.42 Å². The quantitative estimate of drug-likeness (QED) is 0.303. The van der Waals surface area contributed by atoms with E-state index in [1.165, 1.54) is 5.56 Å². The van der Waals surface area contributed by atoms with Crippen molar-refractivity contribution in [2.45, 2.75) is 65.5 Å². The molecule has 7 nitrogen and oxygen atoms in total. The third kappa shape index (κ3) is 7.76. The number of amides is 2. The molecule has 0 aliphatic carbocycles. The lowest BCUT2D eigenvalue weighted by atomic mass is 9.97. The third-order valence-corrected chi connectivity index (χ3v) is 7.63. The average Bonchev–Trinajstić information content (AvgIpc) is 3.35. The van der Waals surface area contributed by atoms with Crippen molar-refractivity contribution in [3.8, 4) is 0 Å². The van der Waals surface area contributed by atoms with Gasteiger partial charge in [-0.2, -0.15) is 0 Å².